The molecule has 1 unspecified atom stereocenters. The number of fused-ring (bicyclic) bond motifs is 1. The van der Waals surface area contributed by atoms with E-state index < -0.39 is 22.5 Å². The average Bonchev–Trinajstić information content (AvgIpc) is 3.31. The molecule has 1 N–H and O–H groups in total. The lowest BCUT2D eigenvalue weighted by Gasteiger charge is -2.27. The normalized spacial score (nSPS) is 14.5. The topological polar surface area (TPSA) is 114 Å². The number of nitrogens with zero attached hydrogens (tertiary/aromatic N) is 3. The number of nitrogens with one attached hydrogen (secondary N) is 1. The molecule has 4 aromatic carbocycles. The van der Waals surface area contributed by atoms with E-state index in [1.54, 1.807) is 11.0 Å². The Labute approximate surface area is 250 Å². The highest BCUT2D eigenvalue weighted by molar-refractivity contribution is 6.24. The van der Waals surface area contributed by atoms with Crippen molar-refractivity contribution in [2.45, 2.75) is 45.4 Å². The third-order valence-electron chi connectivity index (χ3n) is 6.85. The summed E-state index contributed by atoms with van der Waals surface area (Å²) in [6.45, 7) is 6.22. The lowest BCUT2D eigenvalue weighted by atomic mass is 9.90. The van der Waals surface area contributed by atoms with E-state index in [1.165, 1.54) is 12.1 Å². The minimum atomic E-state index is -0.828. The van der Waals surface area contributed by atoms with Crippen molar-refractivity contribution in [3.05, 3.63) is 135 Å². The van der Waals surface area contributed by atoms with Crippen molar-refractivity contribution in [3.63, 3.8) is 0 Å². The van der Waals surface area contributed by atoms with Gasteiger partial charge in [-0.1, -0.05) is 72.8 Å². The van der Waals surface area contributed by atoms with E-state index in [1.807, 2.05) is 106 Å². The fourth-order valence-electron chi connectivity index (χ4n) is 4.89. The number of carbonyl (C=O) groups excluding carboxylic acids is 2. The van der Waals surface area contributed by atoms with E-state index in [0.29, 0.717) is 35.7 Å². The van der Waals surface area contributed by atoms with Gasteiger partial charge in [0.2, 0.25) is 5.91 Å². The molecule has 218 valence electrons. The molecule has 0 fully saturated rings. The quantitative estimate of drug-likeness (QED) is 0.133. The third-order valence-corrected chi connectivity index (χ3v) is 6.85. The third kappa shape index (κ3) is 7.13. The van der Waals surface area contributed by atoms with E-state index >= 15 is 0 Å². The van der Waals surface area contributed by atoms with Crippen LogP contribution in [0.15, 0.2) is 108 Å². The Morgan fingerprint density at radius 3 is 2.12 bits per heavy atom. The number of non-ortho nitro benzene ring substituents is 1. The van der Waals surface area contributed by atoms with Crippen molar-refractivity contribution >= 4 is 34.8 Å². The molecule has 0 aliphatic carbocycles. The van der Waals surface area contributed by atoms with Gasteiger partial charge in [-0.05, 0) is 55.7 Å². The van der Waals surface area contributed by atoms with E-state index in [2.05, 4.69) is 5.32 Å². The number of anilines is 1. The second kappa shape index (κ2) is 12.3. The zero-order valence-electron chi connectivity index (χ0n) is 24.2. The van der Waals surface area contributed by atoms with Gasteiger partial charge in [0, 0.05) is 36.5 Å². The van der Waals surface area contributed by atoms with Gasteiger partial charge in [0.25, 0.3) is 5.69 Å². The first-order valence-electron chi connectivity index (χ1n) is 13.9. The van der Waals surface area contributed by atoms with E-state index in [0.717, 1.165) is 16.7 Å². The number of ether oxygens (including phenoxy) is 1. The maximum atomic E-state index is 13.2. The van der Waals surface area contributed by atoms with Gasteiger partial charge in [-0.15, -0.1) is 0 Å². The molecule has 0 aromatic heterocycles. The molecule has 1 atom stereocenters. The summed E-state index contributed by atoms with van der Waals surface area (Å²) in [5, 5.41) is 14.3. The zero-order chi connectivity index (χ0) is 30.6. The van der Waals surface area contributed by atoms with Crippen molar-refractivity contribution < 1.29 is 19.2 Å². The summed E-state index contributed by atoms with van der Waals surface area (Å²) >= 11 is 0. The summed E-state index contributed by atoms with van der Waals surface area (Å²) in [6, 6.07) is 30.8. The number of rotatable bonds is 8. The molecule has 9 heteroatoms. The SMILES string of the molecule is CC(C)(C)OC(=O)N(Cc1ccccc1)Cc1ccc(N=C(c2ccccc2)C2C(=O)Nc3ccc([N+](=O)[O-])cc32)cc1. The van der Waals surface area contributed by atoms with Crippen LogP contribution in [0.5, 0.6) is 0 Å². The Balaban J connectivity index is 1.46. The first kappa shape index (κ1) is 29.2. The van der Waals surface area contributed by atoms with E-state index in [-0.39, 0.29) is 11.6 Å². The van der Waals surface area contributed by atoms with Crippen LogP contribution < -0.4 is 5.32 Å². The maximum Gasteiger partial charge on any atom is 0.410 e. The molecule has 0 saturated carbocycles. The predicted molar refractivity (Wildman–Crippen MR) is 165 cm³/mol. The number of nitro benzene ring substituents is 1. The molecule has 5 rings (SSSR count). The lowest BCUT2D eigenvalue weighted by Crippen LogP contribution is -2.36. The maximum absolute atomic E-state index is 13.2. The number of nitro groups is 1. The van der Waals surface area contributed by atoms with Crippen LogP contribution in [-0.2, 0) is 22.6 Å². The number of hydrogen-bond donors (Lipinski definition) is 1. The van der Waals surface area contributed by atoms with Gasteiger partial charge in [0.1, 0.15) is 11.5 Å². The van der Waals surface area contributed by atoms with Crippen LogP contribution in [0.25, 0.3) is 0 Å². The minimum Gasteiger partial charge on any atom is -0.444 e. The van der Waals surface area contributed by atoms with Crippen molar-refractivity contribution in [2.75, 3.05) is 5.32 Å². The number of benzene rings is 4. The zero-order valence-corrected chi connectivity index (χ0v) is 24.2. The Hall–Kier alpha value is -5.31. The van der Waals surface area contributed by atoms with Crippen molar-refractivity contribution in [3.8, 4) is 0 Å². The molecule has 0 spiro atoms. The molecular weight excluding hydrogens is 544 g/mol. The van der Waals surface area contributed by atoms with Crippen LogP contribution >= 0.6 is 0 Å². The highest BCUT2D eigenvalue weighted by atomic mass is 16.6. The second-order valence-electron chi connectivity index (χ2n) is 11.3. The molecule has 0 saturated heterocycles. The van der Waals surface area contributed by atoms with Crippen LogP contribution in [0.4, 0.5) is 21.9 Å². The highest BCUT2D eigenvalue weighted by Crippen LogP contribution is 2.38. The molecule has 0 radical (unpaired) electrons. The first-order chi connectivity index (χ1) is 20.6. The molecule has 0 bridgehead atoms. The van der Waals surface area contributed by atoms with Gasteiger partial charge in [-0.3, -0.25) is 24.8 Å². The van der Waals surface area contributed by atoms with Gasteiger partial charge in [0.05, 0.1) is 16.3 Å². The van der Waals surface area contributed by atoms with E-state index in [9.17, 15) is 19.7 Å². The summed E-state index contributed by atoms with van der Waals surface area (Å²) in [5.74, 6) is -1.13. The largest absolute Gasteiger partial charge is 0.444 e. The van der Waals surface area contributed by atoms with Crippen molar-refractivity contribution in [2.24, 2.45) is 4.99 Å². The molecule has 1 aliphatic rings. The smallest absolute Gasteiger partial charge is 0.410 e. The Morgan fingerprint density at radius 1 is 0.907 bits per heavy atom. The molecule has 9 nitrogen and oxygen atoms in total. The monoisotopic (exact) mass is 576 g/mol. The Bertz CT molecular complexity index is 1660. The minimum absolute atomic E-state index is 0.0953. The number of aliphatic imine (C=N–C) groups is 1. The summed E-state index contributed by atoms with van der Waals surface area (Å²) in [6.07, 6.45) is -0.412. The van der Waals surface area contributed by atoms with Gasteiger partial charge in [0.15, 0.2) is 0 Å². The lowest BCUT2D eigenvalue weighted by molar-refractivity contribution is -0.384. The van der Waals surface area contributed by atoms with Gasteiger partial charge < -0.3 is 10.1 Å². The van der Waals surface area contributed by atoms with Crippen LogP contribution in [0.1, 0.15) is 48.9 Å². The molecule has 4 aromatic rings. The fourth-order valence-corrected chi connectivity index (χ4v) is 4.89. The number of hydrogen-bond acceptors (Lipinski definition) is 6. The van der Waals surface area contributed by atoms with Crippen LogP contribution in [-0.4, -0.2) is 33.1 Å². The van der Waals surface area contributed by atoms with Gasteiger partial charge in [-0.2, -0.15) is 0 Å². The average molecular weight is 577 g/mol. The summed E-state index contributed by atoms with van der Waals surface area (Å²) < 4.78 is 5.67. The van der Waals surface area contributed by atoms with Crippen LogP contribution in [0, 0.1) is 10.1 Å². The van der Waals surface area contributed by atoms with Gasteiger partial charge >= 0.3 is 6.09 Å². The summed E-state index contributed by atoms with van der Waals surface area (Å²) in [7, 11) is 0. The highest BCUT2D eigenvalue weighted by Gasteiger charge is 2.36. The Morgan fingerprint density at radius 2 is 1.51 bits per heavy atom. The standard InChI is InChI=1S/C34H32N4O5/c1-34(2,3)43-33(40)37(21-23-10-6-4-7-11-23)22-24-14-16-26(17-15-24)35-31(25-12-8-5-9-13-25)30-28-20-27(38(41)42)18-19-29(28)36-32(30)39/h4-20,30H,21-22H2,1-3H3,(H,36,39). The summed E-state index contributed by atoms with van der Waals surface area (Å²) in [4.78, 5) is 43.8. The molecule has 2 amide bonds. The first-order valence-corrected chi connectivity index (χ1v) is 13.9. The molecular formula is C34H32N4O5. The molecule has 43 heavy (non-hydrogen) atoms. The Kier molecular flexibility index (Phi) is 8.34. The van der Waals surface area contributed by atoms with Crippen LogP contribution in [0.3, 0.4) is 0 Å². The fraction of sp³-hybridized carbons (Fsp3) is 0.206. The van der Waals surface area contributed by atoms with Gasteiger partial charge in [-0.25, -0.2) is 4.79 Å². The number of amides is 2. The summed E-state index contributed by atoms with van der Waals surface area (Å²) in [5.41, 5.74) is 3.97. The van der Waals surface area contributed by atoms with Crippen molar-refractivity contribution in [1.82, 2.24) is 4.90 Å². The van der Waals surface area contributed by atoms with E-state index in [4.69, 9.17) is 9.73 Å². The van der Waals surface area contributed by atoms with Crippen molar-refractivity contribution in [1.29, 1.82) is 0 Å². The molecule has 1 aliphatic heterocycles. The molecule has 1 heterocycles. The second-order valence-corrected chi connectivity index (χ2v) is 11.3. The number of carbonyl (C=O) groups is 2. The predicted octanol–water partition coefficient (Wildman–Crippen LogP) is 7.39. The van der Waals surface area contributed by atoms with Crippen LogP contribution in [0.2, 0.25) is 0 Å².